The number of rotatable bonds is 4. The lowest BCUT2D eigenvalue weighted by atomic mass is 9.59. The van der Waals surface area contributed by atoms with E-state index < -0.39 is 5.41 Å². The Bertz CT molecular complexity index is 3810. The molecule has 14 rings (SSSR count). The van der Waals surface area contributed by atoms with Crippen LogP contribution < -0.4 is 4.90 Å². The molecule has 0 atom stereocenters. The average Bonchev–Trinajstić information content (AvgIpc) is 3.88. The van der Waals surface area contributed by atoms with Gasteiger partial charge in [0.1, 0.15) is 11.2 Å². The van der Waals surface area contributed by atoms with Gasteiger partial charge in [-0.05, 0) is 123 Å². The van der Waals surface area contributed by atoms with Gasteiger partial charge in [-0.2, -0.15) is 0 Å². The van der Waals surface area contributed by atoms with E-state index in [0.717, 1.165) is 55.7 Å². The van der Waals surface area contributed by atoms with Gasteiger partial charge >= 0.3 is 0 Å². The van der Waals surface area contributed by atoms with Crippen molar-refractivity contribution < 1.29 is 4.42 Å². The van der Waals surface area contributed by atoms with Crippen molar-refractivity contribution in [2.24, 2.45) is 0 Å². The summed E-state index contributed by atoms with van der Waals surface area (Å²) in [5, 5.41) is 7.25. The first-order valence-electron chi connectivity index (χ1n) is 21.6. The van der Waals surface area contributed by atoms with Crippen LogP contribution in [0.4, 0.5) is 17.1 Å². The lowest BCUT2D eigenvalue weighted by Crippen LogP contribution is -2.36. The molecule has 0 unspecified atom stereocenters. The van der Waals surface area contributed by atoms with Gasteiger partial charge in [-0.15, -0.1) is 0 Å². The molecule has 12 aromatic rings. The molecule has 63 heavy (non-hydrogen) atoms. The van der Waals surface area contributed by atoms with Crippen molar-refractivity contribution in [2.75, 3.05) is 4.90 Å². The molecule has 1 spiro atoms. The van der Waals surface area contributed by atoms with E-state index in [9.17, 15) is 0 Å². The van der Waals surface area contributed by atoms with Crippen LogP contribution in [-0.2, 0) is 5.41 Å². The monoisotopic (exact) mass is 820 g/mol. The van der Waals surface area contributed by atoms with Crippen molar-refractivity contribution in [1.82, 2.24) is 4.57 Å². The number of anilines is 3. The van der Waals surface area contributed by atoms with Gasteiger partial charge in [-0.3, -0.25) is 0 Å². The predicted octanol–water partition coefficient (Wildman–Crippen LogP) is 16.1. The highest BCUT2D eigenvalue weighted by atomic mass is 32.2. The van der Waals surface area contributed by atoms with Crippen LogP contribution in [0.5, 0.6) is 0 Å². The molecule has 294 valence electrons. The topological polar surface area (TPSA) is 21.3 Å². The lowest BCUT2D eigenvalue weighted by molar-refractivity contribution is 0.668. The summed E-state index contributed by atoms with van der Waals surface area (Å²) in [4.78, 5) is 5.03. The van der Waals surface area contributed by atoms with Crippen molar-refractivity contribution in [1.29, 1.82) is 0 Å². The quantitative estimate of drug-likeness (QED) is 0.176. The van der Waals surface area contributed by atoms with Gasteiger partial charge < -0.3 is 13.9 Å². The van der Waals surface area contributed by atoms with Crippen LogP contribution in [0.15, 0.2) is 233 Å². The lowest BCUT2D eigenvalue weighted by Gasteiger charge is -2.46. The second kappa shape index (κ2) is 13.1. The third-order valence-corrected chi connectivity index (χ3v) is 14.8. The molecule has 0 N–H and O–H groups in total. The molecule has 1 aliphatic carbocycles. The zero-order valence-corrected chi connectivity index (χ0v) is 34.8. The maximum absolute atomic E-state index is 6.40. The molecule has 3 heterocycles. The fourth-order valence-electron chi connectivity index (χ4n) is 11.1. The van der Waals surface area contributed by atoms with Crippen molar-refractivity contribution in [3.63, 3.8) is 0 Å². The van der Waals surface area contributed by atoms with E-state index in [1.807, 2.05) is 23.9 Å². The van der Waals surface area contributed by atoms with Crippen molar-refractivity contribution >= 4 is 83.3 Å². The maximum Gasteiger partial charge on any atom is 0.137 e. The van der Waals surface area contributed by atoms with Crippen LogP contribution in [0.2, 0.25) is 0 Å². The van der Waals surface area contributed by atoms with Gasteiger partial charge in [0.15, 0.2) is 0 Å². The minimum atomic E-state index is -0.543. The van der Waals surface area contributed by atoms with Crippen LogP contribution in [0.1, 0.15) is 22.3 Å². The van der Waals surface area contributed by atoms with Crippen LogP contribution in [-0.4, -0.2) is 4.57 Å². The SMILES string of the molecule is c1ccc(N(c2ccc3c(c2)C2(c4ccccc4Sc4ccccc42)c2cccc4cccc-3c24)c2ccc3c(c2)c2ccccc2n3-c2ccc3c(c2)oc2ccccc23)cc1. The largest absolute Gasteiger partial charge is 0.456 e. The number of furan rings is 1. The molecule has 0 saturated heterocycles. The Hall–Kier alpha value is -7.79. The third-order valence-electron chi connectivity index (χ3n) is 13.6. The number of aromatic nitrogens is 1. The normalized spacial score (nSPS) is 13.5. The minimum Gasteiger partial charge on any atom is -0.456 e. The second-order valence-corrected chi connectivity index (χ2v) is 17.9. The van der Waals surface area contributed by atoms with Crippen LogP contribution >= 0.6 is 11.8 Å². The molecule has 3 nitrogen and oxygen atoms in total. The van der Waals surface area contributed by atoms with Crippen LogP contribution in [0.25, 0.3) is 71.3 Å². The summed E-state index contributed by atoms with van der Waals surface area (Å²) in [6.07, 6.45) is 0. The Balaban J connectivity index is 1.02. The van der Waals surface area contributed by atoms with E-state index in [2.05, 4.69) is 216 Å². The summed E-state index contributed by atoms with van der Waals surface area (Å²) in [6.45, 7) is 0. The Morgan fingerprint density at radius 2 is 1.05 bits per heavy atom. The van der Waals surface area contributed by atoms with Gasteiger partial charge in [0.2, 0.25) is 0 Å². The zero-order valence-electron chi connectivity index (χ0n) is 34.0. The highest BCUT2D eigenvalue weighted by Gasteiger charge is 2.48. The van der Waals surface area contributed by atoms with Gasteiger partial charge in [0.25, 0.3) is 0 Å². The summed E-state index contributed by atoms with van der Waals surface area (Å²) in [5.74, 6) is 0. The number of hydrogen-bond acceptors (Lipinski definition) is 3. The standard InChI is InChI=1S/C59H36N2OS/c1-2-16-38(17-3-1)60(39-30-33-53-47(34-39)43-18-4-8-24-52(43)61(53)41-29-32-45-44-19-5-9-25-54(44)62-55(45)36-41)40-28-31-42-46-20-12-14-37-15-13-23-50(58(37)46)59(51(42)35-40)48-21-6-10-26-56(48)63-57-27-11-7-22-49(57)59/h1-36H. The van der Waals surface area contributed by atoms with Crippen molar-refractivity contribution in [3.8, 4) is 16.8 Å². The molecule has 0 fully saturated rings. The van der Waals surface area contributed by atoms with E-state index in [-0.39, 0.29) is 0 Å². The van der Waals surface area contributed by atoms with E-state index in [1.54, 1.807) is 0 Å². The minimum absolute atomic E-state index is 0.543. The van der Waals surface area contributed by atoms with Crippen molar-refractivity contribution in [3.05, 3.63) is 241 Å². The second-order valence-electron chi connectivity index (χ2n) is 16.8. The maximum atomic E-state index is 6.40. The van der Waals surface area contributed by atoms with Crippen LogP contribution in [0.3, 0.4) is 0 Å². The summed E-state index contributed by atoms with van der Waals surface area (Å²) >= 11 is 1.89. The Kier molecular flexibility index (Phi) is 7.26. The summed E-state index contributed by atoms with van der Waals surface area (Å²) in [5.41, 5.74) is 15.8. The predicted molar refractivity (Wildman–Crippen MR) is 262 cm³/mol. The first-order valence-corrected chi connectivity index (χ1v) is 22.4. The Morgan fingerprint density at radius 3 is 1.89 bits per heavy atom. The number of para-hydroxylation sites is 3. The van der Waals surface area contributed by atoms with Gasteiger partial charge in [0.05, 0.1) is 16.4 Å². The summed E-state index contributed by atoms with van der Waals surface area (Å²) in [7, 11) is 0. The van der Waals surface area contributed by atoms with Gasteiger partial charge in [-0.1, -0.05) is 145 Å². The molecule has 2 aromatic heterocycles. The van der Waals surface area contributed by atoms with Gasteiger partial charge in [-0.25, -0.2) is 0 Å². The highest BCUT2D eigenvalue weighted by molar-refractivity contribution is 7.99. The van der Waals surface area contributed by atoms with Gasteiger partial charge in [0, 0.05) is 60.2 Å². The molecule has 4 heteroatoms. The van der Waals surface area contributed by atoms with E-state index in [1.165, 1.54) is 64.7 Å². The molecule has 2 aliphatic rings. The molecule has 0 radical (unpaired) electrons. The smallest absolute Gasteiger partial charge is 0.137 e. The fourth-order valence-corrected chi connectivity index (χ4v) is 12.3. The number of benzene rings is 10. The van der Waals surface area contributed by atoms with Crippen LogP contribution in [0, 0.1) is 0 Å². The Morgan fingerprint density at radius 1 is 0.397 bits per heavy atom. The fraction of sp³-hybridized carbons (Fsp3) is 0.0169. The summed E-state index contributed by atoms with van der Waals surface area (Å²) in [6, 6.07) is 80.5. The Labute approximate surface area is 368 Å². The molecular weight excluding hydrogens is 785 g/mol. The molecule has 0 saturated carbocycles. The highest BCUT2D eigenvalue weighted by Crippen LogP contribution is 2.62. The van der Waals surface area contributed by atoms with E-state index >= 15 is 0 Å². The molecular formula is C59H36N2OS. The molecule has 0 bridgehead atoms. The first kappa shape index (κ1) is 34.9. The van der Waals surface area contributed by atoms with Crippen molar-refractivity contribution in [2.45, 2.75) is 15.2 Å². The number of hydrogen-bond donors (Lipinski definition) is 0. The number of fused-ring (bicyclic) bond motifs is 14. The zero-order chi connectivity index (χ0) is 41.2. The van der Waals surface area contributed by atoms with E-state index in [0.29, 0.717) is 0 Å². The average molecular weight is 821 g/mol. The first-order chi connectivity index (χ1) is 31.2. The molecule has 10 aromatic carbocycles. The molecule has 1 aliphatic heterocycles. The molecule has 0 amide bonds. The number of nitrogens with zero attached hydrogens (tertiary/aromatic N) is 2. The van der Waals surface area contributed by atoms with E-state index in [4.69, 9.17) is 4.42 Å². The summed E-state index contributed by atoms with van der Waals surface area (Å²) < 4.78 is 8.78. The third kappa shape index (κ3) is 4.81.